The van der Waals surface area contributed by atoms with Crippen LogP contribution in [0, 0.1) is 11.2 Å². The number of halogens is 2. The van der Waals surface area contributed by atoms with Crippen LogP contribution in [0.3, 0.4) is 0 Å². The van der Waals surface area contributed by atoms with Crippen LogP contribution in [0.1, 0.15) is 25.8 Å². The molecule has 0 fully saturated rings. The summed E-state index contributed by atoms with van der Waals surface area (Å²) in [5.41, 5.74) is 0.428. The summed E-state index contributed by atoms with van der Waals surface area (Å²) in [5.74, 6) is -1.14. The first kappa shape index (κ1) is 13.2. The lowest BCUT2D eigenvalue weighted by Crippen LogP contribution is -2.19. The molecule has 0 saturated heterocycles. The fourth-order valence-corrected chi connectivity index (χ4v) is 2.25. The van der Waals surface area contributed by atoms with Crippen molar-refractivity contribution in [2.24, 2.45) is 5.41 Å². The summed E-state index contributed by atoms with van der Waals surface area (Å²) in [6.45, 7) is 3.72. The third kappa shape index (κ3) is 4.31. The van der Waals surface area contributed by atoms with Crippen LogP contribution in [0.2, 0.25) is 0 Å². The van der Waals surface area contributed by atoms with E-state index in [2.05, 4.69) is 15.9 Å². The van der Waals surface area contributed by atoms with Crippen molar-refractivity contribution >= 4 is 21.9 Å². The van der Waals surface area contributed by atoms with Crippen molar-refractivity contribution in [1.29, 1.82) is 0 Å². The van der Waals surface area contributed by atoms with Crippen molar-refractivity contribution < 1.29 is 14.3 Å². The maximum atomic E-state index is 13.1. The maximum absolute atomic E-state index is 13.1. The second-order valence-electron chi connectivity index (χ2n) is 4.69. The highest BCUT2D eigenvalue weighted by Gasteiger charge is 2.22. The lowest BCUT2D eigenvalue weighted by Gasteiger charge is -2.22. The molecule has 1 aromatic rings. The van der Waals surface area contributed by atoms with E-state index in [1.54, 1.807) is 0 Å². The lowest BCUT2D eigenvalue weighted by atomic mass is 9.83. The van der Waals surface area contributed by atoms with E-state index in [1.165, 1.54) is 12.1 Å². The molecule has 0 aromatic heterocycles. The zero-order chi connectivity index (χ0) is 12.3. The van der Waals surface area contributed by atoms with Gasteiger partial charge in [-0.15, -0.1) is 0 Å². The Balaban J connectivity index is 2.83. The molecule has 0 amide bonds. The molecule has 1 N–H and O–H groups in total. The minimum Gasteiger partial charge on any atom is -0.481 e. The molecule has 0 bridgehead atoms. The molecular formula is C12H14BrFO2. The first-order chi connectivity index (χ1) is 7.28. The van der Waals surface area contributed by atoms with Gasteiger partial charge in [-0.2, -0.15) is 0 Å². The van der Waals surface area contributed by atoms with Gasteiger partial charge in [0.05, 0.1) is 6.42 Å². The van der Waals surface area contributed by atoms with E-state index < -0.39 is 5.97 Å². The Morgan fingerprint density at radius 2 is 2.06 bits per heavy atom. The number of carboxylic acids is 1. The van der Waals surface area contributed by atoms with Crippen LogP contribution in [0.5, 0.6) is 0 Å². The number of benzene rings is 1. The van der Waals surface area contributed by atoms with E-state index in [9.17, 15) is 9.18 Å². The predicted octanol–water partition coefficient (Wildman–Crippen LogP) is 3.63. The Morgan fingerprint density at radius 3 is 2.56 bits per heavy atom. The summed E-state index contributed by atoms with van der Waals surface area (Å²) in [6, 6.07) is 4.63. The summed E-state index contributed by atoms with van der Waals surface area (Å²) in [6.07, 6.45) is 0.608. The summed E-state index contributed by atoms with van der Waals surface area (Å²) in [5, 5.41) is 8.75. The Morgan fingerprint density at radius 1 is 1.44 bits per heavy atom. The molecular weight excluding hydrogens is 275 g/mol. The van der Waals surface area contributed by atoms with Gasteiger partial charge in [0.2, 0.25) is 0 Å². The zero-order valence-corrected chi connectivity index (χ0v) is 10.8. The van der Waals surface area contributed by atoms with Crippen molar-refractivity contribution in [1.82, 2.24) is 0 Å². The topological polar surface area (TPSA) is 37.3 Å². The molecule has 0 aliphatic rings. The third-order valence-electron chi connectivity index (χ3n) is 2.23. The van der Waals surface area contributed by atoms with Gasteiger partial charge in [-0.25, -0.2) is 4.39 Å². The average molecular weight is 289 g/mol. The maximum Gasteiger partial charge on any atom is 0.303 e. The van der Waals surface area contributed by atoms with Gasteiger partial charge >= 0.3 is 5.97 Å². The highest BCUT2D eigenvalue weighted by atomic mass is 79.9. The van der Waals surface area contributed by atoms with Gasteiger partial charge in [0.1, 0.15) is 5.82 Å². The van der Waals surface area contributed by atoms with E-state index in [1.807, 2.05) is 19.9 Å². The molecule has 1 aromatic carbocycles. The first-order valence-corrected chi connectivity index (χ1v) is 5.74. The minimum absolute atomic E-state index is 0.0706. The van der Waals surface area contributed by atoms with Crippen molar-refractivity contribution in [3.8, 4) is 0 Å². The summed E-state index contributed by atoms with van der Waals surface area (Å²) < 4.78 is 13.8. The number of rotatable bonds is 4. The summed E-state index contributed by atoms with van der Waals surface area (Å²) >= 11 is 3.22. The molecule has 88 valence electrons. The Bertz CT molecular complexity index is 382. The van der Waals surface area contributed by atoms with E-state index in [4.69, 9.17) is 5.11 Å². The van der Waals surface area contributed by atoms with Gasteiger partial charge < -0.3 is 5.11 Å². The number of hydrogen-bond acceptors (Lipinski definition) is 1. The van der Waals surface area contributed by atoms with Crippen LogP contribution < -0.4 is 0 Å². The van der Waals surface area contributed by atoms with Gasteiger partial charge in [-0.3, -0.25) is 4.79 Å². The minimum atomic E-state index is -0.833. The zero-order valence-electron chi connectivity index (χ0n) is 9.26. The fraction of sp³-hybridized carbons (Fsp3) is 0.417. The highest BCUT2D eigenvalue weighted by molar-refractivity contribution is 9.10. The number of carbonyl (C=O) groups is 1. The van der Waals surface area contributed by atoms with Gasteiger partial charge in [-0.1, -0.05) is 29.8 Å². The average Bonchev–Trinajstić information content (AvgIpc) is 1.95. The first-order valence-electron chi connectivity index (χ1n) is 4.95. The molecule has 0 aliphatic heterocycles. The van der Waals surface area contributed by atoms with Gasteiger partial charge in [0.15, 0.2) is 0 Å². The summed E-state index contributed by atoms with van der Waals surface area (Å²) in [4.78, 5) is 10.7. The van der Waals surface area contributed by atoms with E-state index in [0.29, 0.717) is 10.9 Å². The molecule has 0 spiro atoms. The van der Waals surface area contributed by atoms with Crippen molar-refractivity contribution in [2.45, 2.75) is 26.7 Å². The van der Waals surface area contributed by atoms with Crippen LogP contribution in [-0.2, 0) is 11.2 Å². The van der Waals surface area contributed by atoms with Crippen LogP contribution in [0.4, 0.5) is 4.39 Å². The van der Waals surface area contributed by atoms with Crippen LogP contribution in [0.15, 0.2) is 22.7 Å². The van der Waals surface area contributed by atoms with Crippen molar-refractivity contribution in [3.05, 3.63) is 34.1 Å². The van der Waals surface area contributed by atoms with Crippen LogP contribution >= 0.6 is 15.9 Å². The second-order valence-corrected chi connectivity index (χ2v) is 5.60. The quantitative estimate of drug-likeness (QED) is 0.919. The molecule has 0 radical (unpaired) electrons. The fourth-order valence-electron chi connectivity index (χ4n) is 1.74. The van der Waals surface area contributed by atoms with Gasteiger partial charge in [-0.05, 0) is 35.6 Å². The van der Waals surface area contributed by atoms with Gasteiger partial charge in [0.25, 0.3) is 0 Å². The SMILES string of the molecule is CC(C)(CC(=O)O)Cc1cc(F)cc(Br)c1. The van der Waals surface area contributed by atoms with Gasteiger partial charge in [0, 0.05) is 4.47 Å². The van der Waals surface area contributed by atoms with Crippen LogP contribution in [0.25, 0.3) is 0 Å². The normalized spacial score (nSPS) is 11.5. The van der Waals surface area contributed by atoms with E-state index in [-0.39, 0.29) is 17.7 Å². The monoisotopic (exact) mass is 288 g/mol. The molecule has 4 heteroatoms. The predicted molar refractivity (Wildman–Crippen MR) is 63.8 cm³/mol. The molecule has 0 aliphatic carbocycles. The van der Waals surface area contributed by atoms with E-state index in [0.717, 1.165) is 5.56 Å². The van der Waals surface area contributed by atoms with Crippen molar-refractivity contribution in [2.75, 3.05) is 0 Å². The van der Waals surface area contributed by atoms with E-state index >= 15 is 0 Å². The largest absolute Gasteiger partial charge is 0.481 e. The number of hydrogen-bond donors (Lipinski definition) is 1. The third-order valence-corrected chi connectivity index (χ3v) is 2.69. The number of carboxylic acid groups (broad SMARTS) is 1. The Labute approximate surface area is 103 Å². The number of aliphatic carboxylic acids is 1. The molecule has 0 atom stereocenters. The molecule has 0 saturated carbocycles. The molecule has 16 heavy (non-hydrogen) atoms. The smallest absolute Gasteiger partial charge is 0.303 e. The van der Waals surface area contributed by atoms with Crippen LogP contribution in [-0.4, -0.2) is 11.1 Å². The second kappa shape index (κ2) is 4.95. The molecule has 2 nitrogen and oxygen atoms in total. The Hall–Kier alpha value is -0.900. The highest BCUT2D eigenvalue weighted by Crippen LogP contribution is 2.27. The summed E-state index contributed by atoms with van der Waals surface area (Å²) in [7, 11) is 0. The van der Waals surface area contributed by atoms with Crippen molar-refractivity contribution in [3.63, 3.8) is 0 Å². The lowest BCUT2D eigenvalue weighted by molar-refractivity contribution is -0.139. The molecule has 0 heterocycles. The molecule has 1 rings (SSSR count). The standard InChI is InChI=1S/C12H14BrFO2/c1-12(2,7-11(15)16)6-8-3-9(13)5-10(14)4-8/h3-5H,6-7H2,1-2H3,(H,15,16). The Kier molecular flexibility index (Phi) is 4.08. The molecule has 0 unspecified atom stereocenters.